The van der Waals surface area contributed by atoms with Crippen LogP contribution in [0.1, 0.15) is 36.4 Å². The van der Waals surface area contributed by atoms with Gasteiger partial charge in [0.05, 0.1) is 7.11 Å². The molecule has 0 amide bonds. The Morgan fingerprint density at radius 3 is 2.46 bits per heavy atom. The summed E-state index contributed by atoms with van der Waals surface area (Å²) in [6.07, 6.45) is 0. The van der Waals surface area contributed by atoms with Gasteiger partial charge >= 0.3 is 5.97 Å². The monoisotopic (exact) mass is 200 g/mol. The number of aromatic nitrogens is 2. The standard InChI is InChI=1S/C8H12N2O2S/c1-8(2,3)7-9-5(10-13-7)6(11)12-4/h1-4H3. The van der Waals surface area contributed by atoms with E-state index in [1.54, 1.807) is 0 Å². The first kappa shape index (κ1) is 10.1. The number of nitrogens with zero attached hydrogens (tertiary/aromatic N) is 2. The van der Waals surface area contributed by atoms with E-state index in [1.807, 2.05) is 20.8 Å². The highest BCUT2D eigenvalue weighted by Gasteiger charge is 2.21. The van der Waals surface area contributed by atoms with Crippen molar-refractivity contribution >= 4 is 17.5 Å². The Hall–Kier alpha value is -0.970. The number of carbonyl (C=O) groups is 1. The smallest absolute Gasteiger partial charge is 0.377 e. The van der Waals surface area contributed by atoms with Crippen LogP contribution in [0.5, 0.6) is 0 Å². The van der Waals surface area contributed by atoms with Gasteiger partial charge in [0.25, 0.3) is 5.82 Å². The van der Waals surface area contributed by atoms with Gasteiger partial charge in [-0.05, 0) is 11.5 Å². The Bertz CT molecular complexity index is 314. The topological polar surface area (TPSA) is 52.1 Å². The third kappa shape index (κ3) is 2.24. The predicted octanol–water partition coefficient (Wildman–Crippen LogP) is 1.62. The fourth-order valence-electron chi connectivity index (χ4n) is 0.702. The average molecular weight is 200 g/mol. The van der Waals surface area contributed by atoms with E-state index in [1.165, 1.54) is 18.6 Å². The van der Waals surface area contributed by atoms with Crippen LogP contribution in [0.2, 0.25) is 0 Å². The lowest BCUT2D eigenvalue weighted by Crippen LogP contribution is -2.11. The minimum atomic E-state index is -0.480. The average Bonchev–Trinajstić information content (AvgIpc) is 2.50. The third-order valence-electron chi connectivity index (χ3n) is 1.44. The number of rotatable bonds is 1. The Labute approximate surface area is 81.1 Å². The first-order chi connectivity index (χ1) is 5.95. The molecule has 0 bridgehead atoms. The lowest BCUT2D eigenvalue weighted by molar-refractivity contribution is 0.0588. The van der Waals surface area contributed by atoms with Gasteiger partial charge in [-0.3, -0.25) is 0 Å². The molecule has 0 aromatic carbocycles. The quantitative estimate of drug-likeness (QED) is 0.646. The van der Waals surface area contributed by atoms with Crippen molar-refractivity contribution in [3.05, 3.63) is 10.8 Å². The molecule has 0 fully saturated rings. The maximum absolute atomic E-state index is 11.0. The molecule has 0 radical (unpaired) electrons. The zero-order valence-electron chi connectivity index (χ0n) is 8.12. The summed E-state index contributed by atoms with van der Waals surface area (Å²) < 4.78 is 8.41. The van der Waals surface area contributed by atoms with Crippen LogP contribution in [0.15, 0.2) is 0 Å². The Kier molecular flexibility index (Phi) is 2.66. The van der Waals surface area contributed by atoms with Crippen molar-refractivity contribution in [3.63, 3.8) is 0 Å². The summed E-state index contributed by atoms with van der Waals surface area (Å²) in [5.74, 6) is -0.329. The molecule has 0 spiro atoms. The van der Waals surface area contributed by atoms with E-state index in [0.29, 0.717) is 0 Å². The second kappa shape index (κ2) is 3.41. The summed E-state index contributed by atoms with van der Waals surface area (Å²) in [6, 6.07) is 0. The van der Waals surface area contributed by atoms with Gasteiger partial charge in [-0.15, -0.1) is 0 Å². The van der Waals surface area contributed by atoms with Gasteiger partial charge in [-0.2, -0.15) is 4.37 Å². The molecule has 1 heterocycles. The summed E-state index contributed by atoms with van der Waals surface area (Å²) in [7, 11) is 1.32. The summed E-state index contributed by atoms with van der Waals surface area (Å²) in [5.41, 5.74) is -0.0655. The van der Waals surface area contributed by atoms with Gasteiger partial charge < -0.3 is 4.74 Å². The van der Waals surface area contributed by atoms with Crippen LogP contribution in [0.3, 0.4) is 0 Å². The molecule has 0 aliphatic carbocycles. The zero-order valence-corrected chi connectivity index (χ0v) is 8.94. The van der Waals surface area contributed by atoms with E-state index in [4.69, 9.17) is 0 Å². The van der Waals surface area contributed by atoms with Gasteiger partial charge in [-0.1, -0.05) is 20.8 Å². The van der Waals surface area contributed by atoms with E-state index < -0.39 is 5.97 Å². The van der Waals surface area contributed by atoms with Crippen molar-refractivity contribution in [3.8, 4) is 0 Å². The molecule has 5 heteroatoms. The van der Waals surface area contributed by atoms with Crippen LogP contribution in [0, 0.1) is 0 Å². The van der Waals surface area contributed by atoms with Crippen LogP contribution in [0.4, 0.5) is 0 Å². The number of carbonyl (C=O) groups excluding carboxylic acids is 1. The maximum Gasteiger partial charge on any atom is 0.377 e. The molecule has 13 heavy (non-hydrogen) atoms. The Balaban J connectivity index is 2.93. The van der Waals surface area contributed by atoms with Gasteiger partial charge in [0.15, 0.2) is 0 Å². The van der Waals surface area contributed by atoms with E-state index >= 15 is 0 Å². The molecule has 0 N–H and O–H groups in total. The molecule has 1 aromatic rings. The third-order valence-corrected chi connectivity index (χ3v) is 2.58. The number of methoxy groups -OCH3 is 1. The number of hydrogen-bond donors (Lipinski definition) is 0. The molecule has 0 atom stereocenters. The van der Waals surface area contributed by atoms with Crippen LogP contribution >= 0.6 is 11.5 Å². The highest BCUT2D eigenvalue weighted by Crippen LogP contribution is 2.23. The highest BCUT2D eigenvalue weighted by atomic mass is 32.1. The maximum atomic E-state index is 11.0. The first-order valence-electron chi connectivity index (χ1n) is 3.87. The van der Waals surface area contributed by atoms with E-state index in [0.717, 1.165) is 5.01 Å². The van der Waals surface area contributed by atoms with Crippen LogP contribution in [0.25, 0.3) is 0 Å². The van der Waals surface area contributed by atoms with Gasteiger partial charge in [0.2, 0.25) is 0 Å². The fraction of sp³-hybridized carbons (Fsp3) is 0.625. The van der Waals surface area contributed by atoms with Crippen LogP contribution < -0.4 is 0 Å². The molecular formula is C8H12N2O2S. The van der Waals surface area contributed by atoms with Crippen LogP contribution in [-0.4, -0.2) is 22.4 Å². The van der Waals surface area contributed by atoms with Crippen molar-refractivity contribution < 1.29 is 9.53 Å². The number of esters is 1. The lowest BCUT2D eigenvalue weighted by Gasteiger charge is -2.12. The summed E-state index contributed by atoms with van der Waals surface area (Å²) in [6.45, 7) is 6.07. The zero-order chi connectivity index (χ0) is 10.1. The molecule has 72 valence electrons. The lowest BCUT2D eigenvalue weighted by atomic mass is 9.98. The fourth-order valence-corrected chi connectivity index (χ4v) is 1.39. The van der Waals surface area contributed by atoms with E-state index in [9.17, 15) is 4.79 Å². The molecule has 4 nitrogen and oxygen atoms in total. The molecule has 1 aromatic heterocycles. The van der Waals surface area contributed by atoms with Crippen molar-refractivity contribution in [1.82, 2.24) is 9.36 Å². The predicted molar refractivity (Wildman–Crippen MR) is 49.9 cm³/mol. The van der Waals surface area contributed by atoms with Crippen LogP contribution in [-0.2, 0) is 10.2 Å². The molecule has 0 aliphatic heterocycles. The second-order valence-corrected chi connectivity index (χ2v) is 4.42. The van der Waals surface area contributed by atoms with Crippen molar-refractivity contribution in [2.45, 2.75) is 26.2 Å². The number of hydrogen-bond acceptors (Lipinski definition) is 5. The van der Waals surface area contributed by atoms with E-state index in [2.05, 4.69) is 14.1 Å². The molecule has 0 saturated heterocycles. The van der Waals surface area contributed by atoms with Gasteiger partial charge in [0.1, 0.15) is 5.01 Å². The molecule has 0 saturated carbocycles. The summed E-state index contributed by atoms with van der Waals surface area (Å²) in [5, 5.41) is 0.841. The Morgan fingerprint density at radius 2 is 2.08 bits per heavy atom. The first-order valence-corrected chi connectivity index (χ1v) is 4.65. The minimum absolute atomic E-state index is 0.0655. The van der Waals surface area contributed by atoms with Gasteiger partial charge in [0, 0.05) is 5.41 Å². The molecule has 0 aliphatic rings. The van der Waals surface area contributed by atoms with Crippen molar-refractivity contribution in [1.29, 1.82) is 0 Å². The van der Waals surface area contributed by atoms with Gasteiger partial charge in [-0.25, -0.2) is 9.78 Å². The summed E-state index contributed by atoms with van der Waals surface area (Å²) >= 11 is 1.24. The highest BCUT2D eigenvalue weighted by molar-refractivity contribution is 7.05. The molecule has 1 rings (SSSR count). The SMILES string of the molecule is COC(=O)c1nsc(C(C)(C)C)n1. The summed E-state index contributed by atoms with van der Waals surface area (Å²) in [4.78, 5) is 15.1. The number of ether oxygens (including phenoxy) is 1. The van der Waals surface area contributed by atoms with Crippen molar-refractivity contribution in [2.24, 2.45) is 0 Å². The molecular weight excluding hydrogens is 188 g/mol. The Morgan fingerprint density at radius 1 is 1.46 bits per heavy atom. The minimum Gasteiger partial charge on any atom is -0.463 e. The van der Waals surface area contributed by atoms with E-state index in [-0.39, 0.29) is 11.2 Å². The molecule has 0 unspecified atom stereocenters. The second-order valence-electron chi connectivity index (χ2n) is 3.66. The largest absolute Gasteiger partial charge is 0.463 e. The van der Waals surface area contributed by atoms with Crippen molar-refractivity contribution in [2.75, 3.05) is 7.11 Å². The normalized spacial score (nSPS) is 11.4.